The Hall–Kier alpha value is -2.12. The van der Waals surface area contributed by atoms with E-state index in [1.807, 2.05) is 0 Å². The molecule has 0 aliphatic heterocycles. The average molecular weight is 332 g/mol. The minimum absolute atomic E-state index is 0.227. The van der Waals surface area contributed by atoms with E-state index in [1.54, 1.807) is 13.8 Å². The summed E-state index contributed by atoms with van der Waals surface area (Å²) in [6, 6.07) is -10.2. The van der Waals surface area contributed by atoms with Crippen molar-refractivity contribution in [1.82, 2.24) is 0 Å². The van der Waals surface area contributed by atoms with Gasteiger partial charge in [-0.15, -0.1) is 0 Å². The van der Waals surface area contributed by atoms with Gasteiger partial charge >= 0.3 is 0 Å². The second kappa shape index (κ2) is 6.97. The van der Waals surface area contributed by atoms with E-state index in [0.717, 1.165) is 0 Å². The molecule has 116 valence electrons. The van der Waals surface area contributed by atoms with Crippen LogP contribution in [0, 0.1) is 0 Å². The lowest BCUT2D eigenvalue weighted by Gasteiger charge is -2.37. The van der Waals surface area contributed by atoms with Crippen LogP contribution in [-0.4, -0.2) is 8.07 Å². The Bertz CT molecular complexity index is 1320. The van der Waals surface area contributed by atoms with Gasteiger partial charge in [0.1, 0.15) is 8.07 Å². The SMILES string of the molecule is [2H]c1c([2H])c([2H])c(C[Si](c2c([2H])c([2H])c([2H])c([2H])c2[2H])(c2c([2H])c([2H])c([2H])c([2H])c2[2H])C(C)C)c([2H])c1[2H]. The van der Waals surface area contributed by atoms with E-state index in [4.69, 9.17) is 20.6 Å². The molecule has 0 fully saturated rings. The van der Waals surface area contributed by atoms with Crippen molar-refractivity contribution in [3.63, 3.8) is 0 Å². The van der Waals surface area contributed by atoms with Crippen molar-refractivity contribution in [3.8, 4) is 0 Å². The Morgan fingerprint density at radius 2 is 1.09 bits per heavy atom. The zero-order valence-electron chi connectivity index (χ0n) is 27.8. The van der Waals surface area contributed by atoms with Gasteiger partial charge in [-0.25, -0.2) is 0 Å². The number of benzene rings is 3. The van der Waals surface area contributed by atoms with Crippen LogP contribution >= 0.6 is 0 Å². The molecule has 0 N–H and O–H groups in total. The van der Waals surface area contributed by atoms with Gasteiger partial charge in [0.25, 0.3) is 0 Å². The Morgan fingerprint density at radius 3 is 1.48 bits per heavy atom. The zero-order valence-corrected chi connectivity index (χ0v) is 13.8. The van der Waals surface area contributed by atoms with Crippen LogP contribution in [0.1, 0.15) is 40.0 Å². The first-order chi connectivity index (χ1) is 17.4. The van der Waals surface area contributed by atoms with Gasteiger partial charge in [-0.05, 0) is 11.6 Å². The molecule has 0 radical (unpaired) electrons. The molecular formula is C22H24Si. The molecule has 0 amide bonds. The highest BCUT2D eigenvalue weighted by Gasteiger charge is 2.40. The van der Waals surface area contributed by atoms with Crippen molar-refractivity contribution in [2.75, 3.05) is 0 Å². The van der Waals surface area contributed by atoms with E-state index in [0.29, 0.717) is 0 Å². The molecule has 0 saturated carbocycles. The molecule has 3 aromatic carbocycles. The van der Waals surface area contributed by atoms with Crippen molar-refractivity contribution >= 4 is 18.4 Å². The monoisotopic (exact) mass is 331 g/mol. The van der Waals surface area contributed by atoms with Crippen LogP contribution in [0.25, 0.3) is 0 Å². The summed E-state index contributed by atoms with van der Waals surface area (Å²) in [5.74, 6) is 0. The summed E-state index contributed by atoms with van der Waals surface area (Å²) in [7, 11) is -4.21. The standard InChI is InChI=1S/C22H24Si/c1-19(2)23(21-14-8-4-9-15-21,22-16-10-5-11-17-22)18-20-12-6-3-7-13-20/h3-17,19H,18H2,1-2H3/i3D,4D,5D,6D,7D,8D,9D,10D,11D,12D,13D,14D,15D,16D,17D. The summed E-state index contributed by atoms with van der Waals surface area (Å²) in [6.07, 6.45) is 0. The molecule has 1 heteroatoms. The molecule has 0 aliphatic carbocycles. The molecular weight excluding hydrogens is 292 g/mol. The molecule has 3 aromatic rings. The van der Waals surface area contributed by atoms with E-state index >= 15 is 0 Å². The number of hydrogen-bond donors (Lipinski definition) is 0. The third-order valence-corrected chi connectivity index (χ3v) is 9.05. The van der Waals surface area contributed by atoms with Gasteiger partial charge < -0.3 is 0 Å². The van der Waals surface area contributed by atoms with Gasteiger partial charge in [0.2, 0.25) is 0 Å². The van der Waals surface area contributed by atoms with Gasteiger partial charge in [0.15, 0.2) is 0 Å². The lowest BCUT2D eigenvalue weighted by molar-refractivity contribution is 1.01. The molecule has 3 rings (SSSR count). The summed E-state index contributed by atoms with van der Waals surface area (Å²) in [6.45, 7) is 3.23. The molecule has 0 aromatic heterocycles. The van der Waals surface area contributed by atoms with Crippen molar-refractivity contribution < 1.29 is 20.6 Å². The van der Waals surface area contributed by atoms with Crippen molar-refractivity contribution in [1.29, 1.82) is 0 Å². The molecule has 0 saturated heterocycles. The molecule has 0 aliphatic rings. The molecule has 0 heterocycles. The van der Waals surface area contributed by atoms with Crippen molar-refractivity contribution in [2.45, 2.75) is 25.4 Å². The average Bonchev–Trinajstić information content (AvgIpc) is 2.88. The Kier molecular flexibility index (Phi) is 1.74. The lowest BCUT2D eigenvalue weighted by Crippen LogP contribution is -2.62. The first-order valence-electron chi connectivity index (χ1n) is 14.7. The minimum atomic E-state index is -4.21. The van der Waals surface area contributed by atoms with Crippen LogP contribution in [0.15, 0.2) is 90.6 Å². The normalized spacial score (nSPS) is 20.7. The van der Waals surface area contributed by atoms with Gasteiger partial charge in [-0.3, -0.25) is 0 Å². The maximum absolute atomic E-state index is 8.73. The Morgan fingerprint density at radius 1 is 0.696 bits per heavy atom. The van der Waals surface area contributed by atoms with Crippen LogP contribution in [0.5, 0.6) is 0 Å². The molecule has 0 unspecified atom stereocenters. The highest BCUT2D eigenvalue weighted by atomic mass is 28.3. The molecule has 0 nitrogen and oxygen atoms in total. The Labute approximate surface area is 161 Å². The summed E-state index contributed by atoms with van der Waals surface area (Å²) in [5, 5.41) is -0.521. The summed E-state index contributed by atoms with van der Waals surface area (Å²) >= 11 is 0. The van der Waals surface area contributed by atoms with E-state index in [2.05, 4.69) is 0 Å². The van der Waals surface area contributed by atoms with Crippen LogP contribution in [0.3, 0.4) is 0 Å². The fourth-order valence-corrected chi connectivity index (χ4v) is 6.72. The fourth-order valence-electron chi connectivity index (χ4n) is 2.67. The van der Waals surface area contributed by atoms with E-state index < -0.39 is 110 Å². The molecule has 0 spiro atoms. The van der Waals surface area contributed by atoms with Crippen molar-refractivity contribution in [2.24, 2.45) is 0 Å². The summed E-state index contributed by atoms with van der Waals surface area (Å²) in [5.41, 5.74) is -0.942. The first-order valence-corrected chi connectivity index (χ1v) is 9.43. The van der Waals surface area contributed by atoms with Crippen LogP contribution in [-0.2, 0) is 6.04 Å². The van der Waals surface area contributed by atoms with Gasteiger partial charge in [0, 0.05) is 0 Å². The number of rotatable bonds is 5. The molecule has 0 atom stereocenters. The fraction of sp³-hybridized carbons (Fsp3) is 0.182. The molecule has 23 heavy (non-hydrogen) atoms. The largest absolute Gasteiger partial charge is 0.124 e. The third kappa shape index (κ3) is 3.15. The predicted molar refractivity (Wildman–Crippen MR) is 103 cm³/mol. The van der Waals surface area contributed by atoms with Crippen LogP contribution in [0.4, 0.5) is 0 Å². The smallest absolute Gasteiger partial charge is 0.0645 e. The summed E-state index contributed by atoms with van der Waals surface area (Å²) < 4.78 is 125. The third-order valence-electron chi connectivity index (χ3n) is 3.89. The predicted octanol–water partition coefficient (Wildman–Crippen LogP) is 4.44. The van der Waals surface area contributed by atoms with Crippen LogP contribution < -0.4 is 10.4 Å². The second-order valence-electron chi connectivity index (χ2n) is 5.41. The van der Waals surface area contributed by atoms with Gasteiger partial charge in [-0.2, -0.15) is 0 Å². The highest BCUT2D eigenvalue weighted by Crippen LogP contribution is 2.25. The van der Waals surface area contributed by atoms with Crippen LogP contribution in [0.2, 0.25) is 5.54 Å². The topological polar surface area (TPSA) is 0 Å². The van der Waals surface area contributed by atoms with Crippen molar-refractivity contribution in [3.05, 3.63) is 96.2 Å². The maximum atomic E-state index is 8.73. The van der Waals surface area contributed by atoms with E-state index in [1.165, 1.54) is 0 Å². The minimum Gasteiger partial charge on any atom is -0.0645 e. The van der Waals surface area contributed by atoms with Gasteiger partial charge in [0.05, 0.1) is 20.6 Å². The van der Waals surface area contributed by atoms with E-state index in [-0.39, 0.29) is 15.9 Å². The lowest BCUT2D eigenvalue weighted by atomic mass is 10.2. The first kappa shape index (κ1) is 5.75. The Balaban J connectivity index is 2.70. The summed E-state index contributed by atoms with van der Waals surface area (Å²) in [4.78, 5) is 0. The van der Waals surface area contributed by atoms with E-state index in [9.17, 15) is 0 Å². The zero-order chi connectivity index (χ0) is 29.2. The highest BCUT2D eigenvalue weighted by molar-refractivity contribution is 7.02. The van der Waals surface area contributed by atoms with Gasteiger partial charge in [-0.1, -0.05) is 120 Å². The number of hydrogen-bond acceptors (Lipinski definition) is 0. The molecule has 0 bridgehead atoms. The second-order valence-corrected chi connectivity index (χ2v) is 9.86. The quantitative estimate of drug-likeness (QED) is 0.606. The maximum Gasteiger partial charge on any atom is 0.124 e.